The summed E-state index contributed by atoms with van der Waals surface area (Å²) >= 11 is 1.85. The molecule has 3 nitrogen and oxygen atoms in total. The van der Waals surface area contributed by atoms with E-state index in [0.717, 1.165) is 33.9 Å². The molecule has 0 saturated carbocycles. The normalized spacial score (nSPS) is 11.6. The molecule has 0 atom stereocenters. The van der Waals surface area contributed by atoms with Gasteiger partial charge in [0.1, 0.15) is 0 Å². The van der Waals surface area contributed by atoms with E-state index in [9.17, 15) is 0 Å². The summed E-state index contributed by atoms with van der Waals surface area (Å²) in [6.45, 7) is 0. The Balaban J connectivity index is 1.21. The second-order valence-corrected chi connectivity index (χ2v) is 13.6. The van der Waals surface area contributed by atoms with Crippen LogP contribution < -0.4 is 0 Å². The molecule has 0 radical (unpaired) electrons. The molecule has 0 amide bonds. The third kappa shape index (κ3) is 4.65. The maximum absolute atomic E-state index is 5.20. The van der Waals surface area contributed by atoms with E-state index in [1.807, 2.05) is 35.6 Å². The van der Waals surface area contributed by atoms with Crippen molar-refractivity contribution in [3.63, 3.8) is 0 Å². The van der Waals surface area contributed by atoms with Crippen LogP contribution in [0.4, 0.5) is 0 Å². The Kier molecular flexibility index (Phi) is 6.68. The molecule has 10 aromatic rings. The van der Waals surface area contributed by atoms with Crippen molar-refractivity contribution >= 4 is 53.3 Å². The molecular formula is C46H29N3S. The number of aromatic nitrogens is 3. The van der Waals surface area contributed by atoms with Crippen LogP contribution in [0.25, 0.3) is 92.7 Å². The van der Waals surface area contributed by atoms with Crippen LogP contribution in [0.5, 0.6) is 0 Å². The monoisotopic (exact) mass is 655 g/mol. The lowest BCUT2D eigenvalue weighted by Gasteiger charge is -2.10. The van der Waals surface area contributed by atoms with E-state index in [2.05, 4.69) is 156 Å². The summed E-state index contributed by atoms with van der Waals surface area (Å²) in [5.74, 6) is 0.723. The first kappa shape index (κ1) is 28.6. The highest BCUT2D eigenvalue weighted by Gasteiger charge is 2.19. The summed E-state index contributed by atoms with van der Waals surface area (Å²) in [6.07, 6.45) is 0. The van der Waals surface area contributed by atoms with Crippen molar-refractivity contribution in [3.05, 3.63) is 176 Å². The average molecular weight is 656 g/mol. The van der Waals surface area contributed by atoms with Crippen LogP contribution in [0.3, 0.4) is 0 Å². The van der Waals surface area contributed by atoms with Gasteiger partial charge in [-0.15, -0.1) is 11.3 Å². The third-order valence-electron chi connectivity index (χ3n) is 9.63. The van der Waals surface area contributed by atoms with Gasteiger partial charge in [-0.25, -0.2) is 9.97 Å². The summed E-state index contributed by atoms with van der Waals surface area (Å²) in [5, 5.41) is 4.99. The minimum atomic E-state index is 0.723. The zero-order valence-electron chi connectivity index (χ0n) is 27.0. The average Bonchev–Trinajstić information content (AvgIpc) is 3.74. The molecular weight excluding hydrogens is 627 g/mol. The molecule has 0 aliphatic heterocycles. The zero-order chi connectivity index (χ0) is 33.0. The zero-order valence-corrected chi connectivity index (χ0v) is 27.8. The number of para-hydroxylation sites is 1. The van der Waals surface area contributed by atoms with Crippen LogP contribution in [0, 0.1) is 0 Å². The maximum Gasteiger partial charge on any atom is 0.160 e. The van der Waals surface area contributed by atoms with Crippen LogP contribution in [0.15, 0.2) is 176 Å². The molecule has 10 rings (SSSR count). The van der Waals surface area contributed by atoms with Gasteiger partial charge in [0, 0.05) is 42.9 Å². The number of hydrogen-bond donors (Lipinski definition) is 0. The molecule has 7 aromatic carbocycles. The first-order valence-corrected chi connectivity index (χ1v) is 17.7. The lowest BCUT2D eigenvalue weighted by Crippen LogP contribution is -1.95. The predicted molar refractivity (Wildman–Crippen MR) is 211 cm³/mol. The second-order valence-electron chi connectivity index (χ2n) is 12.6. The van der Waals surface area contributed by atoms with E-state index in [-0.39, 0.29) is 0 Å². The fraction of sp³-hybridized carbons (Fsp3) is 0. The van der Waals surface area contributed by atoms with Crippen molar-refractivity contribution in [2.24, 2.45) is 0 Å². The SMILES string of the molecule is c1ccc(-c2ccc3c(c2)c2ccccc2n3-c2cccc3c2sc2c(-c4cc(-c5ccccc5)nc(-c5ccccc5)n4)cccc23)cc1. The molecule has 0 unspecified atom stereocenters. The highest BCUT2D eigenvalue weighted by molar-refractivity contribution is 7.26. The Labute approximate surface area is 293 Å². The van der Waals surface area contributed by atoms with Crippen molar-refractivity contribution in [1.82, 2.24) is 14.5 Å². The van der Waals surface area contributed by atoms with E-state index >= 15 is 0 Å². The van der Waals surface area contributed by atoms with Gasteiger partial charge in [-0.2, -0.15) is 0 Å². The molecule has 0 spiro atoms. The molecule has 0 bridgehead atoms. The predicted octanol–water partition coefficient (Wildman–Crippen LogP) is 12.6. The van der Waals surface area contributed by atoms with E-state index in [1.54, 1.807) is 0 Å². The molecule has 0 aliphatic rings. The van der Waals surface area contributed by atoms with Gasteiger partial charge in [-0.1, -0.05) is 146 Å². The van der Waals surface area contributed by atoms with Gasteiger partial charge in [0.15, 0.2) is 5.82 Å². The molecule has 0 aliphatic carbocycles. The fourth-order valence-corrected chi connectivity index (χ4v) is 8.61. The Hall–Kier alpha value is -6.36. The first-order valence-electron chi connectivity index (χ1n) is 16.8. The topological polar surface area (TPSA) is 30.7 Å². The molecule has 4 heteroatoms. The highest BCUT2D eigenvalue weighted by atomic mass is 32.1. The number of nitrogens with zero attached hydrogens (tertiary/aromatic N) is 3. The smallest absolute Gasteiger partial charge is 0.160 e. The van der Waals surface area contributed by atoms with Gasteiger partial charge in [-0.3, -0.25) is 0 Å². The molecule has 234 valence electrons. The number of rotatable bonds is 5. The van der Waals surface area contributed by atoms with E-state index in [0.29, 0.717) is 0 Å². The van der Waals surface area contributed by atoms with Crippen molar-refractivity contribution in [2.75, 3.05) is 0 Å². The van der Waals surface area contributed by atoms with Crippen molar-refractivity contribution in [1.29, 1.82) is 0 Å². The van der Waals surface area contributed by atoms with Gasteiger partial charge < -0.3 is 4.57 Å². The number of fused-ring (bicyclic) bond motifs is 6. The Bertz CT molecular complexity index is 2800. The number of hydrogen-bond acceptors (Lipinski definition) is 3. The third-order valence-corrected chi connectivity index (χ3v) is 10.9. The lowest BCUT2D eigenvalue weighted by molar-refractivity contribution is 1.19. The Morgan fingerprint density at radius 3 is 1.76 bits per heavy atom. The van der Waals surface area contributed by atoms with Crippen LogP contribution in [0.2, 0.25) is 0 Å². The van der Waals surface area contributed by atoms with Gasteiger partial charge in [-0.05, 0) is 41.5 Å². The van der Waals surface area contributed by atoms with E-state index in [4.69, 9.17) is 9.97 Å². The van der Waals surface area contributed by atoms with Gasteiger partial charge in [0.25, 0.3) is 0 Å². The first-order chi connectivity index (χ1) is 24.8. The van der Waals surface area contributed by atoms with Crippen LogP contribution >= 0.6 is 11.3 Å². The highest BCUT2D eigenvalue weighted by Crippen LogP contribution is 2.44. The molecule has 3 heterocycles. The van der Waals surface area contributed by atoms with Crippen LogP contribution in [-0.2, 0) is 0 Å². The van der Waals surface area contributed by atoms with Crippen LogP contribution in [-0.4, -0.2) is 14.5 Å². The van der Waals surface area contributed by atoms with E-state index < -0.39 is 0 Å². The molecule has 0 N–H and O–H groups in total. The summed E-state index contributed by atoms with van der Waals surface area (Å²) < 4.78 is 4.92. The second kappa shape index (κ2) is 11.7. The molecule has 0 saturated heterocycles. The van der Waals surface area contributed by atoms with Crippen molar-refractivity contribution in [3.8, 4) is 50.7 Å². The van der Waals surface area contributed by atoms with Gasteiger partial charge in [0.2, 0.25) is 0 Å². The van der Waals surface area contributed by atoms with Crippen molar-refractivity contribution < 1.29 is 0 Å². The van der Waals surface area contributed by atoms with Gasteiger partial charge >= 0.3 is 0 Å². The van der Waals surface area contributed by atoms with Gasteiger partial charge in [0.05, 0.1) is 32.8 Å². The van der Waals surface area contributed by atoms with Crippen LogP contribution in [0.1, 0.15) is 0 Å². The molecule has 50 heavy (non-hydrogen) atoms. The number of thiophene rings is 1. The summed E-state index contributed by atoms with van der Waals surface area (Å²) in [7, 11) is 0. The lowest BCUT2D eigenvalue weighted by atomic mass is 10.0. The standard InChI is InChI=1S/C46H29N3S/c1-4-14-30(15-5-1)33-26-27-42-38(28-33)34-20-10-11-24-41(34)49(42)43-25-13-22-36-35-21-12-23-37(44(35)50-45(36)43)40-29-39(31-16-6-2-7-17-31)47-46(48-40)32-18-8-3-9-19-32/h1-29H. The minimum absolute atomic E-state index is 0.723. The largest absolute Gasteiger partial charge is 0.308 e. The van der Waals surface area contributed by atoms with Crippen molar-refractivity contribution in [2.45, 2.75) is 0 Å². The quantitative estimate of drug-likeness (QED) is 0.185. The van der Waals surface area contributed by atoms with E-state index in [1.165, 1.54) is 58.8 Å². The number of benzene rings is 7. The summed E-state index contributed by atoms with van der Waals surface area (Å²) in [5.41, 5.74) is 11.0. The Morgan fingerprint density at radius 2 is 0.980 bits per heavy atom. The summed E-state index contributed by atoms with van der Waals surface area (Å²) in [4.78, 5) is 10.2. The molecule has 0 fully saturated rings. The Morgan fingerprint density at radius 1 is 0.380 bits per heavy atom. The minimum Gasteiger partial charge on any atom is -0.308 e. The molecule has 3 aromatic heterocycles. The maximum atomic E-state index is 5.20. The summed E-state index contributed by atoms with van der Waals surface area (Å²) in [6, 6.07) is 62.4. The fourth-order valence-electron chi connectivity index (χ4n) is 7.28.